The molecule has 2 aliphatic rings. The van der Waals surface area contributed by atoms with E-state index in [4.69, 9.17) is 4.74 Å². The highest BCUT2D eigenvalue weighted by atomic mass is 79.9. The van der Waals surface area contributed by atoms with Gasteiger partial charge in [-0.05, 0) is 18.9 Å². The number of halogens is 1. The first-order valence-electron chi connectivity index (χ1n) is 5.26. The molecule has 1 saturated carbocycles. The zero-order chi connectivity index (χ0) is 9.60. The Morgan fingerprint density at radius 3 is 2.93 bits per heavy atom. The fourth-order valence-corrected chi connectivity index (χ4v) is 3.25. The van der Waals surface area contributed by atoms with E-state index in [1.54, 1.807) is 0 Å². The maximum atomic E-state index is 5.90. The van der Waals surface area contributed by atoms with Crippen LogP contribution >= 0.6 is 15.9 Å². The molecule has 0 unspecified atom stereocenters. The molecule has 1 aliphatic heterocycles. The summed E-state index contributed by atoms with van der Waals surface area (Å²) in [5.41, 5.74) is 1.43. The van der Waals surface area contributed by atoms with Crippen LogP contribution < -0.4 is 0 Å². The highest BCUT2D eigenvalue weighted by Gasteiger charge is 2.58. The molecule has 0 aromatic heterocycles. The van der Waals surface area contributed by atoms with E-state index in [1.165, 1.54) is 35.7 Å². The third-order valence-electron chi connectivity index (χ3n) is 3.41. The number of hydrogen-bond donors (Lipinski definition) is 0. The van der Waals surface area contributed by atoms with E-state index in [1.807, 2.05) is 0 Å². The third kappa shape index (κ3) is 1.17. The molecule has 2 fully saturated rings. The van der Waals surface area contributed by atoms with Crippen molar-refractivity contribution < 1.29 is 4.74 Å². The summed E-state index contributed by atoms with van der Waals surface area (Å²) in [4.78, 5) is 0. The number of fused-ring (bicyclic) bond motifs is 1. The van der Waals surface area contributed by atoms with Crippen LogP contribution in [0.4, 0.5) is 0 Å². The van der Waals surface area contributed by atoms with Crippen molar-refractivity contribution in [3.05, 3.63) is 34.3 Å². The van der Waals surface area contributed by atoms with Crippen LogP contribution in [0, 0.1) is 0 Å². The van der Waals surface area contributed by atoms with Gasteiger partial charge in [0.05, 0.1) is 6.10 Å². The van der Waals surface area contributed by atoms with Crippen molar-refractivity contribution in [3.8, 4) is 0 Å². The van der Waals surface area contributed by atoms with Crippen molar-refractivity contribution >= 4 is 15.9 Å². The van der Waals surface area contributed by atoms with Crippen LogP contribution in [0.2, 0.25) is 0 Å². The lowest BCUT2D eigenvalue weighted by Crippen LogP contribution is -2.17. The van der Waals surface area contributed by atoms with Gasteiger partial charge in [-0.25, -0.2) is 0 Å². The predicted octanol–water partition coefficient (Wildman–Crippen LogP) is 3.62. The molecule has 0 spiro atoms. The first kappa shape index (κ1) is 8.93. The van der Waals surface area contributed by atoms with Gasteiger partial charge in [0, 0.05) is 10.0 Å². The first-order chi connectivity index (χ1) is 6.83. The maximum absolute atomic E-state index is 5.90. The van der Waals surface area contributed by atoms with E-state index in [0.717, 1.165) is 0 Å². The fourth-order valence-electron chi connectivity index (χ4n) is 2.63. The Bertz CT molecular complexity index is 363. The molecule has 1 aliphatic carbocycles. The monoisotopic (exact) mass is 252 g/mol. The van der Waals surface area contributed by atoms with E-state index in [0.29, 0.717) is 6.10 Å². The molecule has 3 rings (SSSR count). The Balaban J connectivity index is 2.00. The molecule has 14 heavy (non-hydrogen) atoms. The summed E-state index contributed by atoms with van der Waals surface area (Å²) >= 11 is 3.61. The van der Waals surface area contributed by atoms with Crippen molar-refractivity contribution in [3.63, 3.8) is 0 Å². The molecule has 2 heteroatoms. The Kier molecular flexibility index (Phi) is 1.96. The number of epoxide rings is 1. The van der Waals surface area contributed by atoms with Gasteiger partial charge in [-0.3, -0.25) is 0 Å². The molecule has 1 aromatic rings. The number of rotatable bonds is 1. The highest BCUT2D eigenvalue weighted by Crippen LogP contribution is 2.56. The van der Waals surface area contributed by atoms with Crippen LogP contribution in [0.1, 0.15) is 31.2 Å². The van der Waals surface area contributed by atoms with Crippen LogP contribution in [-0.4, -0.2) is 6.10 Å². The normalized spacial score (nSPS) is 35.1. The molecule has 0 bridgehead atoms. The highest BCUT2D eigenvalue weighted by molar-refractivity contribution is 9.10. The summed E-state index contributed by atoms with van der Waals surface area (Å²) in [6.07, 6.45) is 5.56. The van der Waals surface area contributed by atoms with Gasteiger partial charge in [-0.2, -0.15) is 0 Å². The minimum atomic E-state index is 0.0817. The predicted molar refractivity (Wildman–Crippen MR) is 59.2 cm³/mol. The molecule has 0 N–H and O–H groups in total. The van der Waals surface area contributed by atoms with Gasteiger partial charge < -0.3 is 4.74 Å². The van der Waals surface area contributed by atoms with E-state index >= 15 is 0 Å². The van der Waals surface area contributed by atoms with Crippen LogP contribution in [0.15, 0.2) is 28.7 Å². The second-order valence-electron chi connectivity index (χ2n) is 4.22. The zero-order valence-electron chi connectivity index (χ0n) is 8.00. The van der Waals surface area contributed by atoms with Gasteiger partial charge in [0.2, 0.25) is 0 Å². The van der Waals surface area contributed by atoms with Crippen molar-refractivity contribution in [2.45, 2.75) is 37.4 Å². The van der Waals surface area contributed by atoms with Crippen molar-refractivity contribution in [1.29, 1.82) is 0 Å². The van der Waals surface area contributed by atoms with E-state index in [-0.39, 0.29) is 5.60 Å². The average molecular weight is 253 g/mol. The standard InChI is InChI=1S/C12H13BrO/c13-10-6-2-1-5-9(10)12-8-4-3-7-11(12)14-12/h1-2,5-6,11H,3-4,7-8H2/t11-,12+/m0/s1. The minimum Gasteiger partial charge on any atom is -0.361 e. The first-order valence-corrected chi connectivity index (χ1v) is 6.05. The van der Waals surface area contributed by atoms with Gasteiger partial charge in [0.15, 0.2) is 0 Å². The van der Waals surface area contributed by atoms with Gasteiger partial charge >= 0.3 is 0 Å². The molecule has 1 nitrogen and oxygen atoms in total. The van der Waals surface area contributed by atoms with Gasteiger partial charge in [0.25, 0.3) is 0 Å². The SMILES string of the molecule is Brc1ccccc1[C@]12CCCC[C@@H]1O2. The Morgan fingerprint density at radius 1 is 1.29 bits per heavy atom. The van der Waals surface area contributed by atoms with Crippen molar-refractivity contribution in [2.75, 3.05) is 0 Å². The maximum Gasteiger partial charge on any atom is 0.121 e. The number of hydrogen-bond acceptors (Lipinski definition) is 1. The van der Waals surface area contributed by atoms with E-state index in [2.05, 4.69) is 40.2 Å². The van der Waals surface area contributed by atoms with Crippen LogP contribution in [-0.2, 0) is 10.3 Å². The number of benzene rings is 1. The van der Waals surface area contributed by atoms with Gasteiger partial charge in [-0.15, -0.1) is 0 Å². The molecule has 1 heterocycles. The average Bonchev–Trinajstić information content (AvgIpc) is 2.93. The fraction of sp³-hybridized carbons (Fsp3) is 0.500. The van der Waals surface area contributed by atoms with E-state index < -0.39 is 0 Å². The van der Waals surface area contributed by atoms with Crippen LogP contribution in [0.25, 0.3) is 0 Å². The molecule has 2 atom stereocenters. The van der Waals surface area contributed by atoms with Crippen LogP contribution in [0.3, 0.4) is 0 Å². The lowest BCUT2D eigenvalue weighted by Gasteiger charge is -2.18. The topological polar surface area (TPSA) is 12.5 Å². The lowest BCUT2D eigenvalue weighted by atomic mass is 9.84. The Hall–Kier alpha value is -0.340. The van der Waals surface area contributed by atoms with Crippen molar-refractivity contribution in [1.82, 2.24) is 0 Å². The molecular weight excluding hydrogens is 240 g/mol. The Labute approximate surface area is 92.6 Å². The quantitative estimate of drug-likeness (QED) is 0.696. The molecule has 74 valence electrons. The van der Waals surface area contributed by atoms with Gasteiger partial charge in [-0.1, -0.05) is 47.0 Å². The second kappa shape index (κ2) is 3.07. The summed E-state index contributed by atoms with van der Waals surface area (Å²) in [5.74, 6) is 0. The van der Waals surface area contributed by atoms with Crippen molar-refractivity contribution in [2.24, 2.45) is 0 Å². The largest absolute Gasteiger partial charge is 0.361 e. The summed E-state index contributed by atoms with van der Waals surface area (Å²) in [6.45, 7) is 0. The summed E-state index contributed by atoms with van der Waals surface area (Å²) in [5, 5.41) is 0. The molecule has 1 aromatic carbocycles. The molecule has 1 saturated heterocycles. The summed E-state index contributed by atoms with van der Waals surface area (Å²) < 4.78 is 7.10. The third-order valence-corrected chi connectivity index (χ3v) is 4.10. The summed E-state index contributed by atoms with van der Waals surface area (Å²) in [7, 11) is 0. The molecule has 0 radical (unpaired) electrons. The second-order valence-corrected chi connectivity index (χ2v) is 5.08. The molecule has 0 amide bonds. The smallest absolute Gasteiger partial charge is 0.121 e. The summed E-state index contributed by atoms with van der Waals surface area (Å²) in [6, 6.07) is 8.46. The van der Waals surface area contributed by atoms with Gasteiger partial charge in [0.1, 0.15) is 5.60 Å². The lowest BCUT2D eigenvalue weighted by molar-refractivity contribution is 0.289. The minimum absolute atomic E-state index is 0.0817. The Morgan fingerprint density at radius 2 is 2.14 bits per heavy atom. The number of ether oxygens (including phenoxy) is 1. The molecular formula is C12H13BrO. The van der Waals surface area contributed by atoms with Crippen LogP contribution in [0.5, 0.6) is 0 Å². The van der Waals surface area contributed by atoms with E-state index in [9.17, 15) is 0 Å². The zero-order valence-corrected chi connectivity index (χ0v) is 9.59.